The van der Waals surface area contributed by atoms with E-state index in [2.05, 4.69) is 4.98 Å². The van der Waals surface area contributed by atoms with E-state index in [9.17, 15) is 9.18 Å². The number of halogens is 1. The van der Waals surface area contributed by atoms with E-state index in [0.29, 0.717) is 22.0 Å². The van der Waals surface area contributed by atoms with E-state index in [4.69, 9.17) is 11.0 Å². The van der Waals surface area contributed by atoms with E-state index in [1.54, 1.807) is 24.4 Å². The molecule has 1 heterocycles. The van der Waals surface area contributed by atoms with Crippen molar-refractivity contribution in [1.29, 1.82) is 5.26 Å². The SMILES string of the molecule is N#Cc1ccc2c(C(=O)c3cc(N)cc(F)c3)c[nH]c2c1. The maximum absolute atomic E-state index is 13.4. The molecule has 4 nitrogen and oxygen atoms in total. The van der Waals surface area contributed by atoms with Gasteiger partial charge in [0.15, 0.2) is 5.78 Å². The Bertz CT molecular complexity index is 885. The predicted octanol–water partition coefficient (Wildman–Crippen LogP) is 2.99. The van der Waals surface area contributed by atoms with Crippen LogP contribution in [0, 0.1) is 17.1 Å². The number of ketones is 1. The first kappa shape index (κ1) is 12.9. The zero-order chi connectivity index (χ0) is 15.0. The maximum Gasteiger partial charge on any atom is 0.195 e. The second-order valence-electron chi connectivity index (χ2n) is 4.68. The molecule has 0 bridgehead atoms. The first-order valence-corrected chi connectivity index (χ1v) is 6.20. The number of carbonyl (C=O) groups is 1. The van der Waals surface area contributed by atoms with Gasteiger partial charge in [0.2, 0.25) is 0 Å². The second-order valence-corrected chi connectivity index (χ2v) is 4.68. The van der Waals surface area contributed by atoms with Gasteiger partial charge in [-0.25, -0.2) is 4.39 Å². The molecule has 0 saturated carbocycles. The fraction of sp³-hybridized carbons (Fsp3) is 0. The van der Waals surface area contributed by atoms with Crippen molar-refractivity contribution in [2.45, 2.75) is 0 Å². The number of carbonyl (C=O) groups excluding carboxylic acids is 1. The van der Waals surface area contributed by atoms with Gasteiger partial charge in [0.05, 0.1) is 11.6 Å². The number of nitriles is 1. The molecule has 0 aliphatic heterocycles. The van der Waals surface area contributed by atoms with E-state index >= 15 is 0 Å². The number of nitrogen functional groups attached to an aromatic ring is 1. The van der Waals surface area contributed by atoms with E-state index in [1.807, 2.05) is 6.07 Å². The zero-order valence-electron chi connectivity index (χ0n) is 10.9. The lowest BCUT2D eigenvalue weighted by Crippen LogP contribution is -2.02. The number of aromatic amines is 1. The van der Waals surface area contributed by atoms with Crippen LogP contribution in [0.2, 0.25) is 0 Å². The number of nitrogens with two attached hydrogens (primary N) is 1. The van der Waals surface area contributed by atoms with Gasteiger partial charge in [0, 0.05) is 33.9 Å². The van der Waals surface area contributed by atoms with Crippen LogP contribution in [0.1, 0.15) is 21.5 Å². The number of nitrogens with zero attached hydrogens (tertiary/aromatic N) is 1. The molecule has 3 rings (SSSR count). The quantitative estimate of drug-likeness (QED) is 0.558. The number of benzene rings is 2. The Hall–Kier alpha value is -3.13. The highest BCUT2D eigenvalue weighted by Crippen LogP contribution is 2.23. The van der Waals surface area contributed by atoms with E-state index in [1.165, 1.54) is 6.07 Å². The summed E-state index contributed by atoms with van der Waals surface area (Å²) in [6, 6.07) is 10.8. The third kappa shape index (κ3) is 2.23. The molecule has 0 fully saturated rings. The highest BCUT2D eigenvalue weighted by atomic mass is 19.1. The van der Waals surface area contributed by atoms with Gasteiger partial charge in [-0.1, -0.05) is 6.07 Å². The summed E-state index contributed by atoms with van der Waals surface area (Å²) < 4.78 is 13.4. The van der Waals surface area contributed by atoms with Crippen molar-refractivity contribution in [2.24, 2.45) is 0 Å². The molecular weight excluding hydrogens is 269 g/mol. The maximum atomic E-state index is 13.4. The Morgan fingerprint density at radius 3 is 2.76 bits per heavy atom. The molecule has 0 aliphatic rings. The molecule has 0 amide bonds. The fourth-order valence-electron chi connectivity index (χ4n) is 2.28. The van der Waals surface area contributed by atoms with Crippen LogP contribution in [0.15, 0.2) is 42.6 Å². The smallest absolute Gasteiger partial charge is 0.195 e. The monoisotopic (exact) mass is 279 g/mol. The van der Waals surface area contributed by atoms with Crippen LogP contribution in [0.25, 0.3) is 10.9 Å². The van der Waals surface area contributed by atoms with Gasteiger partial charge in [0.25, 0.3) is 0 Å². The molecule has 1 aromatic heterocycles. The minimum absolute atomic E-state index is 0.192. The minimum Gasteiger partial charge on any atom is -0.399 e. The first-order chi connectivity index (χ1) is 10.1. The van der Waals surface area contributed by atoms with Crippen molar-refractivity contribution >= 4 is 22.4 Å². The molecule has 0 atom stereocenters. The van der Waals surface area contributed by atoms with Gasteiger partial charge in [-0.15, -0.1) is 0 Å². The lowest BCUT2D eigenvalue weighted by molar-refractivity contribution is 0.104. The molecule has 102 valence electrons. The third-order valence-corrected chi connectivity index (χ3v) is 3.24. The van der Waals surface area contributed by atoms with Crippen LogP contribution >= 0.6 is 0 Å². The number of H-pyrrole nitrogens is 1. The van der Waals surface area contributed by atoms with Crippen molar-refractivity contribution in [1.82, 2.24) is 4.98 Å². The number of fused-ring (bicyclic) bond motifs is 1. The molecule has 3 aromatic rings. The minimum atomic E-state index is -0.551. The molecule has 0 spiro atoms. The summed E-state index contributed by atoms with van der Waals surface area (Å²) in [6.07, 6.45) is 1.55. The molecule has 0 radical (unpaired) electrons. The lowest BCUT2D eigenvalue weighted by Gasteiger charge is -2.02. The van der Waals surface area contributed by atoms with Crippen LogP contribution < -0.4 is 5.73 Å². The van der Waals surface area contributed by atoms with Gasteiger partial charge in [-0.3, -0.25) is 4.79 Å². The highest BCUT2D eigenvalue weighted by Gasteiger charge is 2.15. The largest absolute Gasteiger partial charge is 0.399 e. The number of rotatable bonds is 2. The van der Waals surface area contributed by atoms with Crippen molar-refractivity contribution < 1.29 is 9.18 Å². The standard InChI is InChI=1S/C16H10FN3O/c17-11-4-10(5-12(19)6-11)16(21)14-8-20-15-3-9(7-18)1-2-13(14)15/h1-6,8,20H,19H2. The van der Waals surface area contributed by atoms with Gasteiger partial charge in [0.1, 0.15) is 5.82 Å². The Morgan fingerprint density at radius 1 is 1.24 bits per heavy atom. The molecule has 5 heteroatoms. The summed E-state index contributed by atoms with van der Waals surface area (Å²) >= 11 is 0. The van der Waals surface area contributed by atoms with Gasteiger partial charge in [-0.2, -0.15) is 5.26 Å². The summed E-state index contributed by atoms with van der Waals surface area (Å²) in [5, 5.41) is 9.55. The molecule has 21 heavy (non-hydrogen) atoms. The molecule has 3 N–H and O–H groups in total. The zero-order valence-corrected chi connectivity index (χ0v) is 10.9. The summed E-state index contributed by atoms with van der Waals surface area (Å²) in [5.41, 5.74) is 7.55. The Labute approximate surface area is 119 Å². The number of anilines is 1. The average Bonchev–Trinajstić information content (AvgIpc) is 2.88. The number of aromatic nitrogens is 1. The van der Waals surface area contributed by atoms with Gasteiger partial charge in [-0.05, 0) is 30.3 Å². The Morgan fingerprint density at radius 2 is 2.05 bits per heavy atom. The molecule has 0 aliphatic carbocycles. The number of hydrogen-bond donors (Lipinski definition) is 2. The van der Waals surface area contributed by atoms with Crippen molar-refractivity contribution in [2.75, 3.05) is 5.73 Å². The van der Waals surface area contributed by atoms with E-state index in [-0.39, 0.29) is 17.0 Å². The van der Waals surface area contributed by atoms with Gasteiger partial charge < -0.3 is 10.7 Å². The summed E-state index contributed by atoms with van der Waals surface area (Å²) in [4.78, 5) is 15.4. The van der Waals surface area contributed by atoms with Crippen LogP contribution in [-0.2, 0) is 0 Å². The predicted molar refractivity (Wildman–Crippen MR) is 77.3 cm³/mol. The van der Waals surface area contributed by atoms with E-state index in [0.717, 1.165) is 12.1 Å². The summed E-state index contributed by atoms with van der Waals surface area (Å²) in [7, 11) is 0. The fourth-order valence-corrected chi connectivity index (χ4v) is 2.28. The topological polar surface area (TPSA) is 82.7 Å². The van der Waals surface area contributed by atoms with Crippen molar-refractivity contribution in [3.05, 3.63) is 65.1 Å². The van der Waals surface area contributed by atoms with Crippen LogP contribution in [0.5, 0.6) is 0 Å². The second kappa shape index (κ2) is 4.76. The molecule has 0 unspecified atom stereocenters. The Balaban J connectivity index is 2.12. The molecule has 2 aromatic carbocycles. The average molecular weight is 279 g/mol. The highest BCUT2D eigenvalue weighted by molar-refractivity contribution is 6.16. The lowest BCUT2D eigenvalue weighted by atomic mass is 10.0. The number of hydrogen-bond acceptors (Lipinski definition) is 3. The Kier molecular flexibility index (Phi) is 2.92. The normalized spacial score (nSPS) is 10.5. The van der Waals surface area contributed by atoms with Gasteiger partial charge >= 0.3 is 0 Å². The van der Waals surface area contributed by atoms with Crippen LogP contribution in [0.4, 0.5) is 10.1 Å². The van der Waals surface area contributed by atoms with Crippen LogP contribution in [0.3, 0.4) is 0 Å². The third-order valence-electron chi connectivity index (χ3n) is 3.24. The van der Waals surface area contributed by atoms with Crippen LogP contribution in [-0.4, -0.2) is 10.8 Å². The van der Waals surface area contributed by atoms with Crippen molar-refractivity contribution in [3.8, 4) is 6.07 Å². The van der Waals surface area contributed by atoms with Crippen molar-refractivity contribution in [3.63, 3.8) is 0 Å². The molecule has 0 saturated heterocycles. The first-order valence-electron chi connectivity index (χ1n) is 6.20. The summed E-state index contributed by atoms with van der Waals surface area (Å²) in [5.74, 6) is -0.873. The summed E-state index contributed by atoms with van der Waals surface area (Å²) in [6.45, 7) is 0. The number of nitrogens with one attached hydrogen (secondary N) is 1. The molecular formula is C16H10FN3O. The van der Waals surface area contributed by atoms with E-state index < -0.39 is 5.82 Å².